The van der Waals surface area contributed by atoms with Crippen LogP contribution >= 0.6 is 0 Å². The van der Waals surface area contributed by atoms with Crippen LogP contribution in [0, 0.1) is 29.6 Å². The Morgan fingerprint density at radius 1 is 0.838 bits per heavy atom. The molecule has 0 saturated carbocycles. The Morgan fingerprint density at radius 2 is 1.51 bits per heavy atom. The minimum absolute atomic E-state index is 0.125. The molecule has 0 N–H and O–H groups in total. The van der Waals surface area contributed by atoms with Crippen LogP contribution in [-0.4, -0.2) is 13.1 Å². The number of aryl methyl sites for hydroxylation is 1. The molecule has 2 aliphatic rings. The lowest BCUT2D eigenvalue weighted by Crippen LogP contribution is -2.40. The van der Waals surface area contributed by atoms with E-state index in [1.807, 2.05) is 19.1 Å². The second-order valence-electron chi connectivity index (χ2n) is 11.1. The number of hydrogen-bond acceptors (Lipinski definition) is 3. The summed E-state index contributed by atoms with van der Waals surface area (Å²) in [6.07, 6.45) is 6.43. The van der Waals surface area contributed by atoms with Crippen LogP contribution in [0.25, 0.3) is 39.3 Å². The van der Waals surface area contributed by atoms with Crippen molar-refractivity contribution in [1.82, 2.24) is 0 Å². The van der Waals surface area contributed by atoms with E-state index in [2.05, 4.69) is 86.0 Å². The third-order valence-corrected chi connectivity index (χ3v) is 8.24. The van der Waals surface area contributed by atoms with Crippen molar-refractivity contribution >= 4 is 45.0 Å². The molecule has 0 unspecified atom stereocenters. The number of benzene rings is 4. The molecule has 6 rings (SSSR count). The van der Waals surface area contributed by atoms with Gasteiger partial charge in [-0.3, -0.25) is 0 Å². The normalized spacial score (nSPS) is 16.1. The second-order valence-corrected chi connectivity index (χ2v) is 11.1. The fourth-order valence-corrected chi connectivity index (χ4v) is 6.07. The van der Waals surface area contributed by atoms with Crippen molar-refractivity contribution < 1.29 is 0 Å². The molecule has 0 amide bonds. The van der Waals surface area contributed by atoms with E-state index in [-0.39, 0.29) is 5.41 Å². The first-order valence-corrected chi connectivity index (χ1v) is 12.9. The molecule has 0 spiro atoms. The number of hydrogen-bond donors (Lipinski definition) is 0. The van der Waals surface area contributed by atoms with Gasteiger partial charge in [-0.25, -0.2) is 0 Å². The lowest BCUT2D eigenvalue weighted by molar-refractivity contribution is 0.452. The van der Waals surface area contributed by atoms with Gasteiger partial charge in [0, 0.05) is 35.1 Å². The largest absolute Gasteiger partial charge is 0.370 e. The molecule has 0 radical (unpaired) electrons. The Balaban J connectivity index is 1.49. The van der Waals surface area contributed by atoms with E-state index in [0.717, 1.165) is 58.6 Å². The van der Waals surface area contributed by atoms with Crippen LogP contribution in [0.15, 0.2) is 55.1 Å². The third-order valence-electron chi connectivity index (χ3n) is 8.24. The average Bonchev–Trinajstić information content (AvgIpc) is 2.89. The monoisotopic (exact) mass is 479 g/mol. The highest BCUT2D eigenvalue weighted by atomic mass is 15.1. The van der Waals surface area contributed by atoms with Gasteiger partial charge in [0.05, 0.1) is 11.1 Å². The minimum atomic E-state index is 0.125. The first kappa shape index (κ1) is 23.1. The molecular formula is C34H29N3. The molecule has 4 aromatic rings. The third kappa shape index (κ3) is 3.62. The summed E-state index contributed by atoms with van der Waals surface area (Å²) in [5.74, 6) is 0. The van der Waals surface area contributed by atoms with Crippen LogP contribution in [0.4, 0.5) is 5.69 Å². The van der Waals surface area contributed by atoms with Crippen LogP contribution < -0.4 is 4.90 Å². The van der Waals surface area contributed by atoms with Gasteiger partial charge in [-0.2, -0.15) is 10.5 Å². The quantitative estimate of drug-likeness (QED) is 0.215. The van der Waals surface area contributed by atoms with Gasteiger partial charge < -0.3 is 4.90 Å². The molecule has 3 heteroatoms. The van der Waals surface area contributed by atoms with Crippen LogP contribution in [0.3, 0.4) is 0 Å². The molecule has 0 saturated heterocycles. The maximum Gasteiger partial charge on any atom is 0.101 e. The fraction of sp³-hybridized carbons (Fsp3) is 0.235. The SMILES string of the molecule is C=C1CCN2CCC(C)(C)c3cc(C=Cc4ccc5c(c4)c(C#N)c(C#N)c4cc(C)ccc45)cc1c32. The van der Waals surface area contributed by atoms with Crippen molar-refractivity contribution in [2.75, 3.05) is 18.0 Å². The molecule has 0 bridgehead atoms. The second kappa shape index (κ2) is 8.36. The highest BCUT2D eigenvalue weighted by Gasteiger charge is 2.35. The van der Waals surface area contributed by atoms with Crippen LogP contribution in [0.1, 0.15) is 65.6 Å². The molecule has 0 atom stereocenters. The number of fused-ring (bicyclic) bond motifs is 3. The van der Waals surface area contributed by atoms with Crippen molar-refractivity contribution in [2.45, 2.75) is 39.0 Å². The van der Waals surface area contributed by atoms with Gasteiger partial charge in [0.2, 0.25) is 0 Å². The van der Waals surface area contributed by atoms with Gasteiger partial charge in [0.1, 0.15) is 12.1 Å². The van der Waals surface area contributed by atoms with Crippen LogP contribution in [0.5, 0.6) is 0 Å². The van der Waals surface area contributed by atoms with Gasteiger partial charge in [-0.05, 0) is 76.4 Å². The zero-order valence-electron chi connectivity index (χ0n) is 21.7. The van der Waals surface area contributed by atoms with E-state index in [9.17, 15) is 10.5 Å². The Labute approximate surface area is 218 Å². The summed E-state index contributed by atoms with van der Waals surface area (Å²) in [4.78, 5) is 2.53. The molecule has 2 heterocycles. The maximum absolute atomic E-state index is 10.0. The predicted molar refractivity (Wildman–Crippen MR) is 154 cm³/mol. The number of nitrogens with zero attached hydrogens (tertiary/aromatic N) is 3. The van der Waals surface area contributed by atoms with E-state index in [4.69, 9.17) is 0 Å². The van der Waals surface area contributed by atoms with Crippen molar-refractivity contribution in [3.05, 3.63) is 94.1 Å². The van der Waals surface area contributed by atoms with Gasteiger partial charge in [-0.15, -0.1) is 0 Å². The van der Waals surface area contributed by atoms with E-state index in [1.54, 1.807) is 0 Å². The summed E-state index contributed by atoms with van der Waals surface area (Å²) in [6.45, 7) is 13.2. The van der Waals surface area contributed by atoms with Crippen molar-refractivity contribution in [3.63, 3.8) is 0 Å². The summed E-state index contributed by atoms with van der Waals surface area (Å²) in [6, 6.07) is 21.6. The fourth-order valence-electron chi connectivity index (χ4n) is 6.07. The highest BCUT2D eigenvalue weighted by molar-refractivity contribution is 6.13. The summed E-state index contributed by atoms with van der Waals surface area (Å²) < 4.78 is 0. The lowest BCUT2D eigenvalue weighted by Gasteiger charge is -2.44. The van der Waals surface area contributed by atoms with Gasteiger partial charge in [0.15, 0.2) is 0 Å². The van der Waals surface area contributed by atoms with Gasteiger partial charge in [0.25, 0.3) is 0 Å². The summed E-state index contributed by atoms with van der Waals surface area (Å²) >= 11 is 0. The average molecular weight is 480 g/mol. The van der Waals surface area contributed by atoms with Crippen LogP contribution in [0.2, 0.25) is 0 Å². The number of nitriles is 2. The molecule has 2 aliphatic heterocycles. The van der Waals surface area contributed by atoms with E-state index in [1.165, 1.54) is 28.0 Å². The van der Waals surface area contributed by atoms with E-state index in [0.29, 0.717) is 11.1 Å². The number of anilines is 1. The Hall–Kier alpha value is -4.34. The summed E-state index contributed by atoms with van der Waals surface area (Å²) in [7, 11) is 0. The van der Waals surface area contributed by atoms with Crippen molar-refractivity contribution in [3.8, 4) is 12.1 Å². The zero-order valence-corrected chi connectivity index (χ0v) is 21.7. The van der Waals surface area contributed by atoms with Gasteiger partial charge >= 0.3 is 0 Å². The van der Waals surface area contributed by atoms with Crippen molar-refractivity contribution in [2.24, 2.45) is 0 Å². The van der Waals surface area contributed by atoms with E-state index < -0.39 is 0 Å². The molecule has 4 aromatic carbocycles. The molecule has 180 valence electrons. The topological polar surface area (TPSA) is 50.8 Å². The molecular weight excluding hydrogens is 450 g/mol. The Morgan fingerprint density at radius 3 is 2.24 bits per heavy atom. The van der Waals surface area contributed by atoms with Crippen LogP contribution in [-0.2, 0) is 5.41 Å². The Kier molecular flexibility index (Phi) is 5.22. The minimum Gasteiger partial charge on any atom is -0.370 e. The summed E-state index contributed by atoms with van der Waals surface area (Å²) in [5, 5.41) is 23.6. The lowest BCUT2D eigenvalue weighted by atomic mass is 9.74. The number of rotatable bonds is 2. The molecule has 37 heavy (non-hydrogen) atoms. The predicted octanol–water partition coefficient (Wildman–Crippen LogP) is 8.12. The Bertz CT molecular complexity index is 1750. The molecule has 3 nitrogen and oxygen atoms in total. The standard InChI is InChI=1S/C34H29N3/c1-21-5-9-25-26-10-8-23(16-29(26)31(20-36)30(19-35)28(25)15-21)6-7-24-17-27-22(2)11-13-37-14-12-34(3,4)32(18-24)33(27)37/h5-10,15-18H,2,11-14H2,1,3-4H3. The zero-order chi connectivity index (χ0) is 25.9. The molecule has 0 aliphatic carbocycles. The van der Waals surface area contributed by atoms with Crippen molar-refractivity contribution in [1.29, 1.82) is 10.5 Å². The van der Waals surface area contributed by atoms with Gasteiger partial charge in [-0.1, -0.05) is 68.5 Å². The maximum atomic E-state index is 10.0. The smallest absolute Gasteiger partial charge is 0.101 e. The molecule has 0 fully saturated rings. The molecule has 0 aromatic heterocycles. The van der Waals surface area contributed by atoms with E-state index >= 15 is 0 Å². The summed E-state index contributed by atoms with van der Waals surface area (Å²) in [5.41, 5.74) is 9.55. The first-order chi connectivity index (χ1) is 17.8. The first-order valence-electron chi connectivity index (χ1n) is 12.9. The highest BCUT2D eigenvalue weighted by Crippen LogP contribution is 2.47.